The number of ether oxygens (including phenoxy) is 1. The van der Waals surface area contributed by atoms with Crippen LogP contribution in [0.1, 0.15) is 20.8 Å². The average Bonchev–Trinajstić information content (AvgIpc) is 2.14. The Balaban J connectivity index is 0.00000196. The van der Waals surface area contributed by atoms with Gasteiger partial charge in [-0.25, -0.2) is 0 Å². The van der Waals surface area contributed by atoms with Gasteiger partial charge in [-0.3, -0.25) is 0 Å². The first kappa shape index (κ1) is 14.7. The van der Waals surface area contributed by atoms with Crippen molar-refractivity contribution in [3.8, 4) is 5.88 Å². The molecule has 0 aliphatic carbocycles. The standard InChI is InChI=1S/C8H10NO.CH4.3CH3.Sn/c1-2-7-10-8-5-3-4-6-9-8;;;;;/h3,5-6H,2,7H2,1H3;1H4;3*1H3;. The SMILES string of the molecule is C.CCCOc1cc[c]([Sn]([CH3])([CH3])[CH3])cn1. The fourth-order valence-electron chi connectivity index (χ4n) is 1.12. The zero-order valence-corrected chi connectivity index (χ0v) is 12.4. The van der Waals surface area contributed by atoms with Gasteiger partial charge >= 0.3 is 90.7 Å². The van der Waals surface area contributed by atoms with E-state index in [1.807, 2.05) is 12.3 Å². The molecule has 15 heavy (non-hydrogen) atoms. The monoisotopic (exact) mass is 317 g/mol. The summed E-state index contributed by atoms with van der Waals surface area (Å²) < 4.78 is 6.88. The molecule has 0 aliphatic heterocycles. The zero-order chi connectivity index (χ0) is 10.6. The van der Waals surface area contributed by atoms with E-state index in [4.69, 9.17) is 4.74 Å². The summed E-state index contributed by atoms with van der Waals surface area (Å²) in [6.07, 6.45) is 3.02. The number of aromatic nitrogens is 1. The van der Waals surface area contributed by atoms with E-state index in [9.17, 15) is 0 Å². The maximum atomic E-state index is 5.44. The quantitative estimate of drug-likeness (QED) is 0.797. The van der Waals surface area contributed by atoms with Crippen LogP contribution < -0.4 is 8.32 Å². The molecule has 2 nitrogen and oxygen atoms in total. The molecular formula is C12H23NOSn. The molecule has 0 saturated heterocycles. The maximum absolute atomic E-state index is 5.44. The van der Waals surface area contributed by atoms with Gasteiger partial charge in [0.1, 0.15) is 0 Å². The van der Waals surface area contributed by atoms with Crippen LogP contribution in [0.5, 0.6) is 5.88 Å². The fraction of sp³-hybridized carbons (Fsp3) is 0.583. The number of hydrogen-bond donors (Lipinski definition) is 0. The molecule has 0 N–H and O–H groups in total. The molecule has 0 aromatic carbocycles. The van der Waals surface area contributed by atoms with Crippen LogP contribution in [0.3, 0.4) is 0 Å². The summed E-state index contributed by atoms with van der Waals surface area (Å²) in [5, 5.41) is 0. The minimum atomic E-state index is -1.91. The Kier molecular flexibility index (Phi) is 6.25. The third kappa shape index (κ3) is 4.87. The van der Waals surface area contributed by atoms with Gasteiger partial charge in [-0.15, -0.1) is 0 Å². The van der Waals surface area contributed by atoms with E-state index in [0.29, 0.717) is 0 Å². The fourth-order valence-corrected chi connectivity index (χ4v) is 4.07. The van der Waals surface area contributed by atoms with E-state index in [1.165, 1.54) is 3.58 Å². The Labute approximate surface area is 97.9 Å². The Morgan fingerprint density at radius 2 is 1.93 bits per heavy atom. The molecular weight excluding hydrogens is 293 g/mol. The van der Waals surface area contributed by atoms with E-state index in [0.717, 1.165) is 18.9 Å². The van der Waals surface area contributed by atoms with Crippen LogP contribution in [0.4, 0.5) is 0 Å². The summed E-state index contributed by atoms with van der Waals surface area (Å²) >= 11 is -1.91. The van der Waals surface area contributed by atoms with Gasteiger partial charge in [0.05, 0.1) is 0 Å². The zero-order valence-electron chi connectivity index (χ0n) is 9.50. The van der Waals surface area contributed by atoms with Crippen LogP contribution in [0.15, 0.2) is 18.3 Å². The third-order valence-electron chi connectivity index (χ3n) is 2.06. The molecule has 3 heteroatoms. The van der Waals surface area contributed by atoms with Crippen molar-refractivity contribution in [3.63, 3.8) is 0 Å². The van der Waals surface area contributed by atoms with Gasteiger partial charge < -0.3 is 0 Å². The Hall–Kier alpha value is -0.251. The molecule has 1 aromatic heterocycles. The molecule has 0 spiro atoms. The van der Waals surface area contributed by atoms with Crippen molar-refractivity contribution in [1.82, 2.24) is 4.98 Å². The summed E-state index contributed by atoms with van der Waals surface area (Å²) in [6, 6.07) is 4.17. The van der Waals surface area contributed by atoms with Gasteiger partial charge in [0.15, 0.2) is 0 Å². The van der Waals surface area contributed by atoms with E-state index >= 15 is 0 Å². The van der Waals surface area contributed by atoms with Crippen molar-refractivity contribution >= 4 is 22.0 Å². The van der Waals surface area contributed by atoms with E-state index in [1.54, 1.807) is 0 Å². The van der Waals surface area contributed by atoms with Gasteiger partial charge in [-0.2, -0.15) is 0 Å². The van der Waals surface area contributed by atoms with Crippen LogP contribution in [0.25, 0.3) is 0 Å². The van der Waals surface area contributed by atoms with E-state index in [2.05, 4.69) is 32.8 Å². The predicted octanol–water partition coefficient (Wildman–Crippen LogP) is 3.05. The average molecular weight is 316 g/mol. The topological polar surface area (TPSA) is 22.1 Å². The van der Waals surface area contributed by atoms with Crippen LogP contribution in [0.2, 0.25) is 14.8 Å². The van der Waals surface area contributed by atoms with Crippen LogP contribution in [-0.2, 0) is 0 Å². The first-order valence-electron chi connectivity index (χ1n) is 5.13. The van der Waals surface area contributed by atoms with Gasteiger partial charge in [-0.05, 0) is 0 Å². The number of nitrogens with zero attached hydrogens (tertiary/aromatic N) is 1. The second kappa shape index (κ2) is 6.36. The van der Waals surface area contributed by atoms with Gasteiger partial charge in [0, 0.05) is 0 Å². The van der Waals surface area contributed by atoms with Crippen LogP contribution in [0, 0.1) is 0 Å². The van der Waals surface area contributed by atoms with Crippen molar-refractivity contribution in [2.75, 3.05) is 6.61 Å². The van der Waals surface area contributed by atoms with E-state index < -0.39 is 18.4 Å². The van der Waals surface area contributed by atoms with Gasteiger partial charge in [-0.1, -0.05) is 7.43 Å². The molecule has 0 atom stereocenters. The van der Waals surface area contributed by atoms with Crippen molar-refractivity contribution in [2.45, 2.75) is 35.6 Å². The molecule has 0 radical (unpaired) electrons. The molecule has 1 rings (SSSR count). The summed E-state index contributed by atoms with van der Waals surface area (Å²) in [7, 11) is 0. The number of rotatable bonds is 4. The molecule has 0 bridgehead atoms. The minimum absolute atomic E-state index is 0. The van der Waals surface area contributed by atoms with E-state index in [-0.39, 0.29) is 7.43 Å². The van der Waals surface area contributed by atoms with Gasteiger partial charge in [0.2, 0.25) is 0 Å². The first-order chi connectivity index (χ1) is 6.54. The molecule has 0 amide bonds. The van der Waals surface area contributed by atoms with Crippen molar-refractivity contribution in [1.29, 1.82) is 0 Å². The van der Waals surface area contributed by atoms with Crippen LogP contribution in [-0.4, -0.2) is 30.0 Å². The van der Waals surface area contributed by atoms with Crippen molar-refractivity contribution < 1.29 is 4.74 Å². The molecule has 0 unspecified atom stereocenters. The Morgan fingerprint density at radius 3 is 2.33 bits per heavy atom. The summed E-state index contributed by atoms with van der Waals surface area (Å²) in [5.74, 6) is 0.756. The second-order valence-corrected chi connectivity index (χ2v) is 19.0. The Bertz CT molecular complexity index is 277. The predicted molar refractivity (Wildman–Crippen MR) is 69.7 cm³/mol. The summed E-state index contributed by atoms with van der Waals surface area (Å²) in [4.78, 5) is 11.5. The van der Waals surface area contributed by atoms with Crippen molar-refractivity contribution in [3.05, 3.63) is 18.3 Å². The number of hydrogen-bond acceptors (Lipinski definition) is 2. The molecule has 86 valence electrons. The molecule has 0 fully saturated rings. The molecule has 0 saturated carbocycles. The molecule has 0 aliphatic rings. The summed E-state index contributed by atoms with van der Waals surface area (Å²) in [5.41, 5.74) is 0. The number of pyridine rings is 1. The first-order valence-corrected chi connectivity index (χ1v) is 15.1. The third-order valence-corrected chi connectivity index (χ3v) is 7.84. The summed E-state index contributed by atoms with van der Waals surface area (Å²) in [6.45, 7) is 2.85. The second-order valence-electron chi connectivity index (χ2n) is 4.48. The van der Waals surface area contributed by atoms with Crippen LogP contribution >= 0.6 is 0 Å². The molecule has 1 heterocycles. The Morgan fingerprint density at radius 1 is 1.27 bits per heavy atom. The van der Waals surface area contributed by atoms with Crippen molar-refractivity contribution in [2.24, 2.45) is 0 Å². The normalized spacial score (nSPS) is 10.7. The molecule has 1 aromatic rings. The van der Waals surface area contributed by atoms with Gasteiger partial charge in [0.25, 0.3) is 0 Å².